The molecule has 3 aromatic rings. The molecule has 0 saturated carbocycles. The maximum Gasteiger partial charge on any atom is 0.326 e. The molecule has 3 aromatic carbocycles. The van der Waals surface area contributed by atoms with Crippen molar-refractivity contribution in [2.45, 2.75) is 39.5 Å². The first-order valence-corrected chi connectivity index (χ1v) is 12.6. The monoisotopic (exact) mass is 477 g/mol. The Bertz CT molecular complexity index is 1140. The number of hydrogen-bond acceptors (Lipinski definition) is 4. The molecule has 178 valence electrons. The summed E-state index contributed by atoms with van der Waals surface area (Å²) >= 11 is 1.55. The van der Waals surface area contributed by atoms with E-state index < -0.39 is 12.0 Å². The summed E-state index contributed by atoms with van der Waals surface area (Å²) in [4.78, 5) is 24.8. The predicted molar refractivity (Wildman–Crippen MR) is 138 cm³/mol. The van der Waals surface area contributed by atoms with Gasteiger partial charge in [-0.2, -0.15) is 11.8 Å². The molecule has 34 heavy (non-hydrogen) atoms. The third kappa shape index (κ3) is 6.72. The fourth-order valence-electron chi connectivity index (χ4n) is 3.76. The number of rotatable bonds is 11. The van der Waals surface area contributed by atoms with Crippen molar-refractivity contribution in [1.82, 2.24) is 5.32 Å². The predicted octanol–water partition coefficient (Wildman–Crippen LogP) is 5.62. The van der Waals surface area contributed by atoms with E-state index in [2.05, 4.69) is 24.4 Å². The maximum absolute atomic E-state index is 13.2. The van der Waals surface area contributed by atoms with E-state index in [4.69, 9.17) is 4.74 Å². The van der Waals surface area contributed by atoms with Crippen LogP contribution in [0.25, 0.3) is 11.1 Å². The average molecular weight is 478 g/mol. The van der Waals surface area contributed by atoms with Crippen LogP contribution in [0.3, 0.4) is 0 Å². The van der Waals surface area contributed by atoms with Gasteiger partial charge in [-0.15, -0.1) is 0 Å². The van der Waals surface area contributed by atoms with Crippen LogP contribution in [0.1, 0.15) is 39.0 Å². The van der Waals surface area contributed by atoms with E-state index in [1.165, 1.54) is 5.56 Å². The third-order valence-electron chi connectivity index (χ3n) is 5.77. The molecule has 3 rings (SSSR count). The van der Waals surface area contributed by atoms with E-state index in [0.29, 0.717) is 31.0 Å². The quantitative estimate of drug-likeness (QED) is 0.375. The van der Waals surface area contributed by atoms with Gasteiger partial charge in [-0.05, 0) is 77.8 Å². The molecule has 1 unspecified atom stereocenters. The number of benzene rings is 3. The Balaban J connectivity index is 1.86. The van der Waals surface area contributed by atoms with Crippen LogP contribution in [0.5, 0.6) is 0 Å². The SMILES string of the molecule is CSCCC(NC(=O)c1ccc(COCc2ccccc2C)cc1-c1ccccc1C)C(=O)O. The van der Waals surface area contributed by atoms with Crippen molar-refractivity contribution in [2.24, 2.45) is 0 Å². The minimum atomic E-state index is -1.03. The summed E-state index contributed by atoms with van der Waals surface area (Å²) in [5.41, 5.74) is 6.46. The Morgan fingerprint density at radius 2 is 1.65 bits per heavy atom. The normalized spacial score (nSPS) is 11.7. The molecule has 0 aliphatic heterocycles. The van der Waals surface area contributed by atoms with Crippen molar-refractivity contribution >= 4 is 23.6 Å². The molecule has 5 nitrogen and oxygen atoms in total. The first-order chi connectivity index (χ1) is 16.4. The van der Waals surface area contributed by atoms with Gasteiger partial charge in [0, 0.05) is 5.56 Å². The second-order valence-corrected chi connectivity index (χ2v) is 9.25. The number of carboxylic acids is 1. The highest BCUT2D eigenvalue weighted by Gasteiger charge is 2.22. The number of carbonyl (C=O) groups excluding carboxylic acids is 1. The molecular formula is C28H31NO4S. The Morgan fingerprint density at radius 3 is 2.32 bits per heavy atom. The van der Waals surface area contributed by atoms with Crippen LogP contribution in [-0.4, -0.2) is 35.0 Å². The molecule has 0 bridgehead atoms. The molecule has 0 radical (unpaired) electrons. The lowest BCUT2D eigenvalue weighted by Gasteiger charge is -2.18. The van der Waals surface area contributed by atoms with Crippen molar-refractivity contribution in [3.05, 3.63) is 94.5 Å². The Labute approximate surface area is 205 Å². The number of amides is 1. The van der Waals surface area contributed by atoms with Gasteiger partial charge in [0.05, 0.1) is 13.2 Å². The van der Waals surface area contributed by atoms with E-state index in [9.17, 15) is 14.7 Å². The summed E-state index contributed by atoms with van der Waals surface area (Å²) in [5.74, 6) is -0.765. The molecule has 0 aliphatic rings. The molecule has 1 amide bonds. The van der Waals surface area contributed by atoms with Gasteiger partial charge in [0.1, 0.15) is 6.04 Å². The second-order valence-electron chi connectivity index (χ2n) is 8.26. The fourth-order valence-corrected chi connectivity index (χ4v) is 4.23. The van der Waals surface area contributed by atoms with Gasteiger partial charge in [-0.25, -0.2) is 4.79 Å². The van der Waals surface area contributed by atoms with Crippen molar-refractivity contribution in [3.63, 3.8) is 0 Å². The summed E-state index contributed by atoms with van der Waals surface area (Å²) in [6.07, 6.45) is 2.28. The number of carboxylic acid groups (broad SMARTS) is 1. The van der Waals surface area contributed by atoms with Crippen molar-refractivity contribution in [2.75, 3.05) is 12.0 Å². The van der Waals surface area contributed by atoms with Gasteiger partial charge in [-0.3, -0.25) is 4.79 Å². The summed E-state index contributed by atoms with van der Waals surface area (Å²) in [7, 11) is 0. The van der Waals surface area contributed by atoms with E-state index in [0.717, 1.165) is 27.8 Å². The lowest BCUT2D eigenvalue weighted by Crippen LogP contribution is -2.41. The fraction of sp³-hybridized carbons (Fsp3) is 0.286. The number of hydrogen-bond donors (Lipinski definition) is 2. The van der Waals surface area contributed by atoms with Crippen LogP contribution in [0, 0.1) is 13.8 Å². The summed E-state index contributed by atoms with van der Waals surface area (Å²) in [6, 6.07) is 20.6. The Kier molecular flexibility index (Phi) is 9.31. The number of ether oxygens (including phenoxy) is 1. The zero-order chi connectivity index (χ0) is 24.5. The molecular weight excluding hydrogens is 446 g/mol. The van der Waals surface area contributed by atoms with Gasteiger partial charge < -0.3 is 15.2 Å². The van der Waals surface area contributed by atoms with Crippen LogP contribution in [-0.2, 0) is 22.7 Å². The van der Waals surface area contributed by atoms with E-state index in [1.54, 1.807) is 17.8 Å². The molecule has 0 spiro atoms. The summed E-state index contributed by atoms with van der Waals surface area (Å²) in [5, 5.41) is 12.2. The molecule has 0 aliphatic carbocycles. The van der Waals surface area contributed by atoms with Crippen molar-refractivity contribution < 1.29 is 19.4 Å². The summed E-state index contributed by atoms with van der Waals surface area (Å²) < 4.78 is 5.97. The Morgan fingerprint density at radius 1 is 0.941 bits per heavy atom. The first-order valence-electron chi connectivity index (χ1n) is 11.2. The van der Waals surface area contributed by atoms with Gasteiger partial charge >= 0.3 is 5.97 Å². The number of thioether (sulfide) groups is 1. The van der Waals surface area contributed by atoms with Crippen LogP contribution in [0.2, 0.25) is 0 Å². The molecule has 0 fully saturated rings. The third-order valence-corrected chi connectivity index (χ3v) is 6.41. The molecule has 0 aromatic heterocycles. The minimum absolute atomic E-state index is 0.368. The number of aryl methyl sites for hydroxylation is 2. The standard InChI is InChI=1S/C28H31NO4S/c1-19-8-4-6-10-22(19)18-33-17-21-12-13-24(25(16-21)23-11-7-5-9-20(23)2)27(30)29-26(28(31)32)14-15-34-3/h4-13,16,26H,14-15,17-18H2,1-3H3,(H,29,30)(H,31,32). The lowest BCUT2D eigenvalue weighted by atomic mass is 9.93. The highest BCUT2D eigenvalue weighted by molar-refractivity contribution is 7.98. The number of nitrogens with one attached hydrogen (secondary N) is 1. The molecule has 0 saturated heterocycles. The van der Waals surface area contributed by atoms with Crippen LogP contribution in [0.15, 0.2) is 66.7 Å². The highest BCUT2D eigenvalue weighted by Crippen LogP contribution is 2.29. The molecule has 2 N–H and O–H groups in total. The highest BCUT2D eigenvalue weighted by atomic mass is 32.2. The minimum Gasteiger partial charge on any atom is -0.480 e. The van der Waals surface area contributed by atoms with Crippen molar-refractivity contribution in [1.29, 1.82) is 0 Å². The van der Waals surface area contributed by atoms with Crippen LogP contribution >= 0.6 is 11.8 Å². The number of aliphatic carboxylic acids is 1. The van der Waals surface area contributed by atoms with Crippen LogP contribution < -0.4 is 5.32 Å². The molecule has 6 heteroatoms. The van der Waals surface area contributed by atoms with E-state index in [1.807, 2.05) is 61.7 Å². The average Bonchev–Trinajstić information content (AvgIpc) is 2.83. The van der Waals surface area contributed by atoms with Gasteiger partial charge in [-0.1, -0.05) is 54.6 Å². The first kappa shape index (κ1) is 25.5. The summed E-state index contributed by atoms with van der Waals surface area (Å²) in [6.45, 7) is 4.97. The van der Waals surface area contributed by atoms with E-state index >= 15 is 0 Å². The second kappa shape index (κ2) is 12.4. The van der Waals surface area contributed by atoms with Gasteiger partial charge in [0.25, 0.3) is 5.91 Å². The molecule has 1 atom stereocenters. The van der Waals surface area contributed by atoms with Crippen LogP contribution in [0.4, 0.5) is 0 Å². The lowest BCUT2D eigenvalue weighted by molar-refractivity contribution is -0.139. The zero-order valence-corrected chi connectivity index (χ0v) is 20.7. The van der Waals surface area contributed by atoms with Gasteiger partial charge in [0.15, 0.2) is 0 Å². The van der Waals surface area contributed by atoms with Crippen molar-refractivity contribution in [3.8, 4) is 11.1 Å². The van der Waals surface area contributed by atoms with E-state index in [-0.39, 0.29) is 5.91 Å². The Hall–Kier alpha value is -3.09. The maximum atomic E-state index is 13.2. The van der Waals surface area contributed by atoms with Gasteiger partial charge in [0.2, 0.25) is 0 Å². The zero-order valence-electron chi connectivity index (χ0n) is 19.8. The molecule has 0 heterocycles. The topological polar surface area (TPSA) is 75.6 Å². The number of carbonyl (C=O) groups is 2. The largest absolute Gasteiger partial charge is 0.480 e. The smallest absolute Gasteiger partial charge is 0.326 e.